The maximum absolute atomic E-state index is 14.3. The molecular weight excluding hydrogens is 391 g/mol. The molecule has 1 saturated carbocycles. The zero-order chi connectivity index (χ0) is 20.8. The number of aliphatic hydroxyl groups is 1. The van der Waals surface area contributed by atoms with Gasteiger partial charge >= 0.3 is 5.97 Å². The van der Waals surface area contributed by atoms with Gasteiger partial charge in [0.2, 0.25) is 0 Å². The quantitative estimate of drug-likeness (QED) is 0.433. The number of benzene rings is 1. The molecule has 0 amide bonds. The van der Waals surface area contributed by atoms with Crippen molar-refractivity contribution in [1.29, 1.82) is 0 Å². The molecule has 6 heteroatoms. The van der Waals surface area contributed by atoms with Crippen LogP contribution in [0.1, 0.15) is 43.1 Å². The number of hydrogen-bond acceptors (Lipinski definition) is 4. The third-order valence-corrected chi connectivity index (χ3v) is 6.45. The smallest absolute Gasteiger partial charge is 0.303 e. The van der Waals surface area contributed by atoms with Gasteiger partial charge in [0.05, 0.1) is 0 Å². The summed E-state index contributed by atoms with van der Waals surface area (Å²) in [6.07, 6.45) is 6.52. The number of aliphatic carboxylic acids is 1. The lowest BCUT2D eigenvalue weighted by molar-refractivity contribution is -0.137. The monoisotopic (exact) mass is 416 g/mol. The third-order valence-electron chi connectivity index (χ3n) is 5.27. The van der Waals surface area contributed by atoms with E-state index in [0.717, 1.165) is 15.0 Å². The molecule has 0 saturated heterocycles. The summed E-state index contributed by atoms with van der Waals surface area (Å²) >= 11 is 1.50. The Balaban J connectivity index is 1.61. The highest BCUT2D eigenvalue weighted by molar-refractivity contribution is 7.19. The largest absolute Gasteiger partial charge is 0.481 e. The van der Waals surface area contributed by atoms with Crippen molar-refractivity contribution < 1.29 is 24.2 Å². The average Bonchev–Trinajstić information content (AvgIpc) is 3.23. The van der Waals surface area contributed by atoms with Crippen LogP contribution in [0.3, 0.4) is 0 Å². The summed E-state index contributed by atoms with van der Waals surface area (Å²) in [6.45, 7) is 0. The normalized spacial score (nSPS) is 23.5. The zero-order valence-electron chi connectivity index (χ0n) is 16.0. The van der Waals surface area contributed by atoms with Gasteiger partial charge in [0.25, 0.3) is 0 Å². The first-order chi connectivity index (χ1) is 14.0. The van der Waals surface area contributed by atoms with E-state index in [9.17, 15) is 19.1 Å². The predicted molar refractivity (Wildman–Crippen MR) is 113 cm³/mol. The Bertz CT molecular complexity index is 883. The van der Waals surface area contributed by atoms with E-state index in [1.54, 1.807) is 12.2 Å². The van der Waals surface area contributed by atoms with Crippen molar-refractivity contribution in [3.05, 3.63) is 59.5 Å². The topological polar surface area (TPSA) is 74.6 Å². The molecule has 4 nitrogen and oxygen atoms in total. The van der Waals surface area contributed by atoms with E-state index in [4.69, 9.17) is 5.11 Å². The highest BCUT2D eigenvalue weighted by Gasteiger charge is 2.40. The number of fused-ring (bicyclic) bond motifs is 1. The van der Waals surface area contributed by atoms with Gasteiger partial charge in [0.1, 0.15) is 18.1 Å². The van der Waals surface area contributed by atoms with Crippen LogP contribution in [0.4, 0.5) is 4.39 Å². The third kappa shape index (κ3) is 5.61. The molecule has 1 aromatic heterocycles. The van der Waals surface area contributed by atoms with Crippen molar-refractivity contribution in [2.24, 2.45) is 11.8 Å². The van der Waals surface area contributed by atoms with E-state index in [1.807, 2.05) is 42.5 Å². The number of carbonyl (C=O) groups is 2. The summed E-state index contributed by atoms with van der Waals surface area (Å²) < 4.78 is 15.4. The maximum atomic E-state index is 14.3. The molecule has 1 aliphatic rings. The second kappa shape index (κ2) is 9.94. The summed E-state index contributed by atoms with van der Waals surface area (Å²) in [5, 5.41) is 20.2. The molecule has 1 aliphatic carbocycles. The molecule has 29 heavy (non-hydrogen) atoms. The van der Waals surface area contributed by atoms with Crippen LogP contribution in [0.15, 0.2) is 54.6 Å². The summed E-state index contributed by atoms with van der Waals surface area (Å²) in [6, 6.07) is 9.80. The number of allylic oxidation sites excluding steroid dienone is 3. The van der Waals surface area contributed by atoms with Gasteiger partial charge in [-0.15, -0.1) is 11.3 Å². The van der Waals surface area contributed by atoms with Gasteiger partial charge in [0, 0.05) is 34.3 Å². The fourth-order valence-electron chi connectivity index (χ4n) is 3.70. The Hall–Kier alpha value is -2.31. The molecule has 154 valence electrons. The molecule has 3 rings (SSSR count). The molecule has 2 aromatic rings. The molecule has 0 spiro atoms. The van der Waals surface area contributed by atoms with Gasteiger partial charge < -0.3 is 10.2 Å². The summed E-state index contributed by atoms with van der Waals surface area (Å²) in [5.41, 5.74) is 0. The van der Waals surface area contributed by atoms with Crippen LogP contribution in [0.25, 0.3) is 10.1 Å². The number of carboxylic acid groups (broad SMARTS) is 1. The molecule has 0 unspecified atom stereocenters. The Morgan fingerprint density at radius 2 is 2.10 bits per heavy atom. The van der Waals surface area contributed by atoms with E-state index in [-0.39, 0.29) is 18.6 Å². The van der Waals surface area contributed by atoms with Crippen molar-refractivity contribution in [1.82, 2.24) is 0 Å². The molecule has 0 radical (unpaired) electrons. The first-order valence-electron chi connectivity index (χ1n) is 9.84. The second-order valence-electron chi connectivity index (χ2n) is 7.39. The molecule has 1 aromatic carbocycles. The van der Waals surface area contributed by atoms with E-state index < -0.39 is 30.1 Å². The first-order valence-corrected chi connectivity index (χ1v) is 10.7. The number of Topliss-reactive ketones (excluding diaryl/α,β-unsaturated/α-hetero) is 1. The van der Waals surface area contributed by atoms with Gasteiger partial charge in [-0.1, -0.05) is 42.5 Å². The van der Waals surface area contributed by atoms with Gasteiger partial charge in [-0.3, -0.25) is 9.59 Å². The van der Waals surface area contributed by atoms with Crippen LogP contribution in [-0.4, -0.2) is 28.1 Å². The molecular formula is C23H25FO4S. The van der Waals surface area contributed by atoms with Crippen molar-refractivity contribution in [3.63, 3.8) is 0 Å². The number of ketones is 1. The number of thiophene rings is 1. The number of aliphatic hydroxyl groups excluding tert-OH is 1. The van der Waals surface area contributed by atoms with Crippen LogP contribution < -0.4 is 0 Å². The fraction of sp³-hybridized carbons (Fsp3) is 0.391. The van der Waals surface area contributed by atoms with E-state index in [1.165, 1.54) is 11.3 Å². The van der Waals surface area contributed by atoms with Crippen molar-refractivity contribution in [2.45, 2.75) is 44.4 Å². The van der Waals surface area contributed by atoms with E-state index in [2.05, 4.69) is 0 Å². The minimum absolute atomic E-state index is 0.0918. The fourth-order valence-corrected chi connectivity index (χ4v) is 4.73. The van der Waals surface area contributed by atoms with Crippen LogP contribution in [0, 0.1) is 11.8 Å². The summed E-state index contributed by atoms with van der Waals surface area (Å²) in [4.78, 5) is 23.5. The number of carbonyl (C=O) groups excluding carboxylic acids is 1. The van der Waals surface area contributed by atoms with Gasteiger partial charge in [0.15, 0.2) is 0 Å². The summed E-state index contributed by atoms with van der Waals surface area (Å²) in [5.74, 6) is -1.95. The minimum Gasteiger partial charge on any atom is -0.481 e. The highest BCUT2D eigenvalue weighted by Crippen LogP contribution is 2.37. The summed E-state index contributed by atoms with van der Waals surface area (Å²) in [7, 11) is 0. The maximum Gasteiger partial charge on any atom is 0.303 e. The molecule has 1 heterocycles. The number of unbranched alkanes of at least 4 members (excludes halogenated alkanes) is 1. The number of rotatable bonds is 9. The Morgan fingerprint density at radius 3 is 2.86 bits per heavy atom. The lowest BCUT2D eigenvalue weighted by Crippen LogP contribution is -2.16. The molecule has 1 fully saturated rings. The van der Waals surface area contributed by atoms with Crippen molar-refractivity contribution in [2.75, 3.05) is 0 Å². The lowest BCUT2D eigenvalue weighted by atomic mass is 9.90. The van der Waals surface area contributed by atoms with Crippen LogP contribution in [0.2, 0.25) is 0 Å². The number of halogens is 1. The van der Waals surface area contributed by atoms with Gasteiger partial charge in [-0.05, 0) is 36.8 Å². The first kappa shape index (κ1) is 21.4. The van der Waals surface area contributed by atoms with Crippen LogP contribution >= 0.6 is 11.3 Å². The number of carboxylic acids is 1. The van der Waals surface area contributed by atoms with Crippen molar-refractivity contribution in [3.8, 4) is 0 Å². The number of alkyl halides is 1. The number of hydrogen-bond donors (Lipinski definition) is 2. The van der Waals surface area contributed by atoms with E-state index >= 15 is 0 Å². The SMILES string of the molecule is O=C(O)CCC/C=C\C[C@H]1[C@H](F)CC(=O)[C@@H]1/C=C/[C@@H](O)c1cc2ccccc2s1. The average molecular weight is 417 g/mol. The lowest BCUT2D eigenvalue weighted by Gasteiger charge is -2.15. The Morgan fingerprint density at radius 1 is 1.31 bits per heavy atom. The molecule has 0 aliphatic heterocycles. The molecule has 2 N–H and O–H groups in total. The molecule has 4 atom stereocenters. The van der Waals surface area contributed by atoms with Gasteiger partial charge in [-0.25, -0.2) is 4.39 Å². The van der Waals surface area contributed by atoms with Crippen LogP contribution in [0.5, 0.6) is 0 Å². The van der Waals surface area contributed by atoms with Crippen molar-refractivity contribution >= 4 is 33.2 Å². The van der Waals surface area contributed by atoms with Gasteiger partial charge in [-0.2, -0.15) is 0 Å². The highest BCUT2D eigenvalue weighted by atomic mass is 32.1. The zero-order valence-corrected chi connectivity index (χ0v) is 16.9. The van der Waals surface area contributed by atoms with Crippen LogP contribution in [-0.2, 0) is 9.59 Å². The Labute approximate surface area is 173 Å². The predicted octanol–water partition coefficient (Wildman–Crippen LogP) is 5.24. The standard InChI is InChI=1S/C23H25FO4S/c24-18-14-20(26)17(16(18)8-3-1-2-4-10-23(27)28)11-12-19(25)22-13-15-7-5-6-9-21(15)29-22/h1,3,5-7,9,11-13,16-19,25H,2,4,8,10,14H2,(H,27,28)/b3-1-,12-11+/t16-,17-,18-,19-/m1/s1. The Kier molecular flexibility index (Phi) is 7.34. The molecule has 0 bridgehead atoms. The second-order valence-corrected chi connectivity index (χ2v) is 8.50. The van der Waals surface area contributed by atoms with E-state index in [0.29, 0.717) is 19.3 Å². The minimum atomic E-state index is -1.19.